The number of hydrogen-bond acceptors (Lipinski definition) is 8. The van der Waals surface area contributed by atoms with Gasteiger partial charge in [0, 0.05) is 62.4 Å². The molecule has 10 nitrogen and oxygen atoms in total. The van der Waals surface area contributed by atoms with E-state index < -0.39 is 5.60 Å². The normalized spacial score (nSPS) is 13.9. The summed E-state index contributed by atoms with van der Waals surface area (Å²) in [6.07, 6.45) is 6.71. The minimum atomic E-state index is -0.567. The Kier molecular flexibility index (Phi) is 9.01. The lowest BCUT2D eigenvalue weighted by Gasteiger charge is -2.35. The predicted octanol–water partition coefficient (Wildman–Crippen LogP) is 6.03. The van der Waals surface area contributed by atoms with Gasteiger partial charge in [0.05, 0.1) is 16.3 Å². The number of carbonyl (C=O) groups is 3. The van der Waals surface area contributed by atoms with E-state index in [-0.39, 0.29) is 24.2 Å². The van der Waals surface area contributed by atoms with Gasteiger partial charge in [0.1, 0.15) is 17.2 Å². The summed E-state index contributed by atoms with van der Waals surface area (Å²) in [7, 11) is 0. The highest BCUT2D eigenvalue weighted by Gasteiger charge is 2.28. The van der Waals surface area contributed by atoms with Crippen molar-refractivity contribution in [1.82, 2.24) is 19.8 Å². The molecule has 3 aromatic heterocycles. The number of carbonyl (C=O) groups excluding carboxylic acids is 3. The van der Waals surface area contributed by atoms with Gasteiger partial charge in [-0.3, -0.25) is 14.6 Å². The second-order valence-corrected chi connectivity index (χ2v) is 12.0. The van der Waals surface area contributed by atoms with Crippen LogP contribution in [-0.2, 0) is 16.0 Å². The number of pyridine rings is 2. The molecule has 228 valence electrons. The Balaban J connectivity index is 1.19. The lowest BCUT2D eigenvalue weighted by Crippen LogP contribution is -2.51. The van der Waals surface area contributed by atoms with Crippen LogP contribution in [0.1, 0.15) is 48.9 Å². The number of ketones is 1. The molecule has 1 aliphatic rings. The van der Waals surface area contributed by atoms with Gasteiger partial charge in [0.15, 0.2) is 11.4 Å². The maximum Gasteiger partial charge on any atom is 0.410 e. The van der Waals surface area contributed by atoms with Gasteiger partial charge in [0.25, 0.3) is 5.91 Å². The molecule has 0 saturated carbocycles. The number of anilines is 1. The molecular formula is C33H34ClN5O5. The average molecular weight is 616 g/mol. The lowest BCUT2D eigenvalue weighted by atomic mass is 10.1. The van der Waals surface area contributed by atoms with E-state index >= 15 is 0 Å². The third kappa shape index (κ3) is 7.62. The quantitative estimate of drug-likeness (QED) is 0.249. The Bertz CT molecular complexity index is 1700. The number of benzene rings is 1. The number of hydrogen-bond donors (Lipinski definition) is 1. The van der Waals surface area contributed by atoms with Crippen molar-refractivity contribution < 1.29 is 23.5 Å². The van der Waals surface area contributed by atoms with Crippen LogP contribution in [0.15, 0.2) is 65.4 Å². The average Bonchev–Trinajstić information content (AvgIpc) is 3.42. The van der Waals surface area contributed by atoms with Crippen molar-refractivity contribution in [3.8, 4) is 11.3 Å². The molecule has 5 rings (SSSR count). The summed E-state index contributed by atoms with van der Waals surface area (Å²) in [6.45, 7) is 7.12. The first kappa shape index (κ1) is 30.7. The van der Waals surface area contributed by atoms with E-state index in [1.165, 1.54) is 6.08 Å². The summed E-state index contributed by atoms with van der Waals surface area (Å²) in [4.78, 5) is 49.7. The van der Waals surface area contributed by atoms with Crippen LogP contribution in [0.2, 0.25) is 5.02 Å². The van der Waals surface area contributed by atoms with Crippen LogP contribution in [0.3, 0.4) is 0 Å². The summed E-state index contributed by atoms with van der Waals surface area (Å²) in [5.41, 5.74) is 8.25. The van der Waals surface area contributed by atoms with E-state index in [2.05, 4.69) is 9.97 Å². The Hall–Kier alpha value is -4.70. The zero-order valence-electron chi connectivity index (χ0n) is 24.9. The monoisotopic (exact) mass is 615 g/mol. The molecule has 2 N–H and O–H groups in total. The Morgan fingerprint density at radius 1 is 1.00 bits per heavy atom. The third-order valence-electron chi connectivity index (χ3n) is 7.04. The van der Waals surface area contributed by atoms with E-state index in [0.717, 1.165) is 16.5 Å². The van der Waals surface area contributed by atoms with Crippen molar-refractivity contribution in [2.45, 2.75) is 39.2 Å². The van der Waals surface area contributed by atoms with Crippen LogP contribution in [0.5, 0.6) is 0 Å². The van der Waals surface area contributed by atoms with Crippen molar-refractivity contribution in [3.63, 3.8) is 0 Å². The minimum Gasteiger partial charge on any atom is -0.459 e. The number of aryl methyl sites for hydroxylation is 1. The topological polar surface area (TPSA) is 132 Å². The van der Waals surface area contributed by atoms with E-state index in [0.29, 0.717) is 66.0 Å². The van der Waals surface area contributed by atoms with E-state index in [4.69, 9.17) is 26.5 Å². The molecule has 1 aliphatic heterocycles. The number of ether oxygens (including phenoxy) is 1. The van der Waals surface area contributed by atoms with Crippen molar-refractivity contribution in [1.29, 1.82) is 0 Å². The molecular weight excluding hydrogens is 582 g/mol. The van der Waals surface area contributed by atoms with Gasteiger partial charge in [-0.15, -0.1) is 0 Å². The molecule has 0 unspecified atom stereocenters. The van der Waals surface area contributed by atoms with Gasteiger partial charge in [0.2, 0.25) is 0 Å². The number of fused-ring (bicyclic) bond motifs is 1. The van der Waals surface area contributed by atoms with Crippen LogP contribution < -0.4 is 5.73 Å². The highest BCUT2D eigenvalue weighted by Crippen LogP contribution is 2.33. The molecule has 11 heteroatoms. The number of aromatic nitrogens is 2. The SMILES string of the molecule is CC(C)(C)OC(=O)N1CCN(C(=O)c2ccc(-c3cc(Cl)c4oc(CCC(=O)/C=C/c5ccc(N)nc5)cc4c3)nc2)CC1. The molecule has 4 aromatic rings. The number of nitrogens with zero attached hydrogens (tertiary/aromatic N) is 4. The van der Waals surface area contributed by atoms with Crippen LogP contribution >= 0.6 is 11.6 Å². The zero-order valence-corrected chi connectivity index (χ0v) is 25.6. The number of piperazine rings is 1. The standard InChI is InChI=1S/C33H34ClN5O5/c1-33(2,3)44-32(42)39-14-12-38(13-15-39)31(41)22-6-10-28(36-20-22)23-16-24-17-26(43-30(24)27(34)18-23)9-8-25(40)7-4-21-5-11-29(35)37-19-21/h4-7,10-11,16-20H,8-9,12-15H2,1-3H3,(H2,35,37)/b7-4+. The number of furan rings is 1. The molecule has 0 spiro atoms. The number of amides is 2. The minimum absolute atomic E-state index is 0.0437. The molecule has 1 aromatic carbocycles. The summed E-state index contributed by atoms with van der Waals surface area (Å²) >= 11 is 6.56. The molecule has 0 atom stereocenters. The smallest absolute Gasteiger partial charge is 0.410 e. The number of halogens is 1. The first-order valence-electron chi connectivity index (χ1n) is 14.3. The van der Waals surface area contributed by atoms with Gasteiger partial charge in [-0.2, -0.15) is 0 Å². The predicted molar refractivity (Wildman–Crippen MR) is 169 cm³/mol. The van der Waals surface area contributed by atoms with Crippen molar-refractivity contribution in [2.24, 2.45) is 0 Å². The van der Waals surface area contributed by atoms with Gasteiger partial charge < -0.3 is 24.7 Å². The van der Waals surface area contributed by atoms with Gasteiger partial charge in [-0.05, 0) is 81.0 Å². The van der Waals surface area contributed by atoms with Gasteiger partial charge >= 0.3 is 6.09 Å². The van der Waals surface area contributed by atoms with E-state index in [9.17, 15) is 14.4 Å². The fourth-order valence-corrected chi connectivity index (χ4v) is 5.03. The fourth-order valence-electron chi connectivity index (χ4n) is 4.76. The third-order valence-corrected chi connectivity index (χ3v) is 7.32. The second kappa shape index (κ2) is 12.9. The summed E-state index contributed by atoms with van der Waals surface area (Å²) in [5.74, 6) is 0.885. The fraction of sp³-hybridized carbons (Fsp3) is 0.303. The largest absolute Gasteiger partial charge is 0.459 e. The lowest BCUT2D eigenvalue weighted by molar-refractivity contribution is -0.114. The number of allylic oxidation sites excluding steroid dienone is 1. The van der Waals surface area contributed by atoms with Crippen molar-refractivity contribution in [2.75, 3.05) is 31.9 Å². The van der Waals surface area contributed by atoms with Crippen LogP contribution in [0.25, 0.3) is 28.3 Å². The Labute approximate surface area is 260 Å². The summed E-state index contributed by atoms with van der Waals surface area (Å²) in [6, 6.07) is 12.6. The molecule has 0 radical (unpaired) electrons. The van der Waals surface area contributed by atoms with Crippen LogP contribution in [0, 0.1) is 0 Å². The van der Waals surface area contributed by atoms with Crippen LogP contribution in [0.4, 0.5) is 10.6 Å². The van der Waals surface area contributed by atoms with Gasteiger partial charge in [-0.1, -0.05) is 11.6 Å². The Morgan fingerprint density at radius 2 is 1.75 bits per heavy atom. The molecule has 0 aliphatic carbocycles. The number of rotatable bonds is 7. The second-order valence-electron chi connectivity index (χ2n) is 11.6. The Morgan fingerprint density at radius 3 is 2.41 bits per heavy atom. The van der Waals surface area contributed by atoms with E-state index in [1.54, 1.807) is 58.6 Å². The molecule has 4 heterocycles. The van der Waals surface area contributed by atoms with Crippen LogP contribution in [-0.4, -0.2) is 69.3 Å². The summed E-state index contributed by atoms with van der Waals surface area (Å²) < 4.78 is 11.4. The molecule has 2 amide bonds. The highest BCUT2D eigenvalue weighted by atomic mass is 35.5. The first-order valence-corrected chi connectivity index (χ1v) is 14.7. The maximum absolute atomic E-state index is 13.1. The number of nitrogens with two attached hydrogens (primary N) is 1. The molecule has 0 bridgehead atoms. The number of nitrogen functional groups attached to an aromatic ring is 1. The summed E-state index contributed by atoms with van der Waals surface area (Å²) in [5, 5.41) is 1.22. The van der Waals surface area contributed by atoms with E-state index in [1.807, 2.05) is 32.9 Å². The molecule has 1 saturated heterocycles. The molecule has 1 fully saturated rings. The first-order chi connectivity index (χ1) is 20.9. The molecule has 44 heavy (non-hydrogen) atoms. The maximum atomic E-state index is 13.1. The van der Waals surface area contributed by atoms with Crippen molar-refractivity contribution >= 4 is 52.2 Å². The van der Waals surface area contributed by atoms with Crippen molar-refractivity contribution in [3.05, 3.63) is 82.8 Å². The van der Waals surface area contributed by atoms with Gasteiger partial charge in [-0.25, -0.2) is 9.78 Å². The zero-order chi connectivity index (χ0) is 31.4. The highest BCUT2D eigenvalue weighted by molar-refractivity contribution is 6.35.